The number of nitrogens with one attached hydrogen (secondary N) is 1. The lowest BCUT2D eigenvalue weighted by atomic mass is 9.80. The van der Waals surface area contributed by atoms with Crippen LogP contribution in [0.25, 0.3) is 0 Å². The molecule has 0 saturated heterocycles. The highest BCUT2D eigenvalue weighted by atomic mass is 19.4. The molecule has 1 atom stereocenters. The number of rotatable bonds is 5. The van der Waals surface area contributed by atoms with Crippen LogP contribution in [0, 0.1) is 11.3 Å². The summed E-state index contributed by atoms with van der Waals surface area (Å²) in [7, 11) is 0. The Morgan fingerprint density at radius 2 is 1.50 bits per heavy atom. The Morgan fingerprint density at radius 1 is 0.971 bits per heavy atom. The van der Waals surface area contributed by atoms with Crippen molar-refractivity contribution in [2.75, 3.05) is 11.9 Å². The summed E-state index contributed by atoms with van der Waals surface area (Å²) in [5.41, 5.74) is -2.23. The van der Waals surface area contributed by atoms with Gasteiger partial charge in [0.15, 0.2) is 5.60 Å². The highest BCUT2D eigenvalue weighted by Gasteiger charge is 2.35. The van der Waals surface area contributed by atoms with Crippen LogP contribution in [-0.2, 0) is 21.8 Å². The molecule has 0 spiro atoms. The summed E-state index contributed by atoms with van der Waals surface area (Å²) in [4.78, 5) is 12.6. The Balaban J connectivity index is 2.24. The van der Waals surface area contributed by atoms with Crippen LogP contribution in [0.5, 0.6) is 5.75 Å². The van der Waals surface area contributed by atoms with Crippen molar-refractivity contribution in [2.24, 2.45) is 0 Å². The second kappa shape index (κ2) is 9.30. The Kier molecular flexibility index (Phi) is 7.44. The van der Waals surface area contributed by atoms with Gasteiger partial charge in [-0.25, -0.2) is 0 Å². The number of halogens is 3. The van der Waals surface area contributed by atoms with E-state index in [2.05, 4.69) is 52.9 Å². The number of carbonyl (C=O) groups excluding carboxylic acids is 1. The van der Waals surface area contributed by atoms with Crippen molar-refractivity contribution >= 4 is 11.6 Å². The summed E-state index contributed by atoms with van der Waals surface area (Å²) in [6, 6.07) is 10.1. The lowest BCUT2D eigenvalue weighted by Gasteiger charge is -2.27. The molecule has 2 N–H and O–H groups in total. The van der Waals surface area contributed by atoms with Crippen molar-refractivity contribution < 1.29 is 27.8 Å². The molecule has 0 aliphatic rings. The van der Waals surface area contributed by atoms with Crippen molar-refractivity contribution in [2.45, 2.75) is 71.1 Å². The van der Waals surface area contributed by atoms with Crippen molar-refractivity contribution in [3.05, 3.63) is 58.7 Å². The highest BCUT2D eigenvalue weighted by Crippen LogP contribution is 2.35. The van der Waals surface area contributed by atoms with Gasteiger partial charge in [0.25, 0.3) is 5.91 Å². The van der Waals surface area contributed by atoms with Crippen LogP contribution in [0.2, 0.25) is 0 Å². The van der Waals surface area contributed by atoms with E-state index in [-0.39, 0.29) is 16.5 Å². The van der Waals surface area contributed by atoms with E-state index >= 15 is 0 Å². The fraction of sp³-hybridized carbons (Fsp3) is 0.462. The van der Waals surface area contributed by atoms with E-state index in [9.17, 15) is 23.1 Å². The maximum atomic E-state index is 13.2. The van der Waals surface area contributed by atoms with Gasteiger partial charge in [0.1, 0.15) is 12.4 Å². The first-order valence-electron chi connectivity index (χ1n) is 10.8. The van der Waals surface area contributed by atoms with Crippen LogP contribution in [0.3, 0.4) is 0 Å². The third-order valence-corrected chi connectivity index (χ3v) is 5.35. The number of nitrogens with zero attached hydrogens (tertiary/aromatic N) is 1. The number of ether oxygens (including phenoxy) is 1. The van der Waals surface area contributed by atoms with E-state index in [1.165, 1.54) is 19.1 Å². The van der Waals surface area contributed by atoms with Gasteiger partial charge in [-0.2, -0.15) is 18.4 Å². The minimum Gasteiger partial charge on any atom is -0.490 e. The standard InChI is InChI=1S/C26H31F3N2O3/c1-23(2,3)17-10-18(24(4,5)6)12-20(11-17)34-15-25(7,33)22(32)31-19-9-8-16(14-30)21(13-19)26(27,28)29/h8-13,33H,15H2,1-7H3,(H,31,32). The van der Waals surface area contributed by atoms with E-state index < -0.39 is 35.4 Å². The van der Waals surface area contributed by atoms with E-state index in [1.807, 2.05) is 12.1 Å². The fourth-order valence-corrected chi connectivity index (χ4v) is 3.06. The summed E-state index contributed by atoms with van der Waals surface area (Å²) >= 11 is 0. The molecule has 0 aliphatic carbocycles. The van der Waals surface area contributed by atoms with Gasteiger partial charge < -0.3 is 15.2 Å². The Labute approximate surface area is 198 Å². The number of benzene rings is 2. The molecule has 1 amide bonds. The number of hydrogen-bond donors (Lipinski definition) is 2. The molecule has 5 nitrogen and oxygen atoms in total. The summed E-state index contributed by atoms with van der Waals surface area (Å²) in [5, 5.41) is 21.9. The molecule has 0 aromatic heterocycles. The van der Waals surface area contributed by atoms with Crippen LogP contribution in [-0.4, -0.2) is 23.2 Å². The SMILES string of the molecule is CC(O)(COc1cc(C(C)(C)C)cc(C(C)(C)C)c1)C(=O)Nc1ccc(C#N)c(C(F)(F)F)c1. The number of aliphatic hydroxyl groups is 1. The number of nitriles is 1. The first kappa shape index (κ1) is 27.2. The number of carbonyl (C=O) groups is 1. The minimum atomic E-state index is -4.76. The van der Waals surface area contributed by atoms with Crippen LogP contribution < -0.4 is 10.1 Å². The first-order valence-corrected chi connectivity index (χ1v) is 10.8. The monoisotopic (exact) mass is 476 g/mol. The van der Waals surface area contributed by atoms with Gasteiger partial charge in [-0.05, 0) is 59.2 Å². The predicted octanol–water partition coefficient (Wildman–Crippen LogP) is 5.94. The molecule has 2 aromatic carbocycles. The van der Waals surface area contributed by atoms with E-state index in [1.54, 1.807) is 0 Å². The zero-order valence-electron chi connectivity index (χ0n) is 20.5. The molecule has 184 valence electrons. The van der Waals surface area contributed by atoms with Crippen LogP contribution in [0.15, 0.2) is 36.4 Å². The van der Waals surface area contributed by atoms with E-state index in [0.29, 0.717) is 11.8 Å². The molecule has 2 aromatic rings. The lowest BCUT2D eigenvalue weighted by molar-refractivity contribution is -0.138. The largest absolute Gasteiger partial charge is 0.490 e. The molecule has 0 bridgehead atoms. The van der Waals surface area contributed by atoms with Gasteiger partial charge in [-0.3, -0.25) is 4.79 Å². The summed E-state index contributed by atoms with van der Waals surface area (Å²) in [6.45, 7) is 13.2. The van der Waals surface area contributed by atoms with Crippen LogP contribution >= 0.6 is 0 Å². The minimum absolute atomic E-state index is 0.162. The van der Waals surface area contributed by atoms with Crippen LogP contribution in [0.1, 0.15) is 70.7 Å². The molecule has 0 aliphatic heterocycles. The topological polar surface area (TPSA) is 82.3 Å². The lowest BCUT2D eigenvalue weighted by Crippen LogP contribution is -2.45. The Hall–Kier alpha value is -3.05. The summed E-state index contributed by atoms with van der Waals surface area (Å²) in [5.74, 6) is -0.462. The third kappa shape index (κ3) is 6.73. The van der Waals surface area contributed by atoms with Gasteiger partial charge in [0, 0.05) is 5.69 Å². The van der Waals surface area contributed by atoms with Crippen molar-refractivity contribution in [3.8, 4) is 11.8 Å². The molecule has 8 heteroatoms. The summed E-state index contributed by atoms with van der Waals surface area (Å²) < 4.78 is 45.4. The number of hydrogen-bond acceptors (Lipinski definition) is 4. The smallest absolute Gasteiger partial charge is 0.417 e. The quantitative estimate of drug-likeness (QED) is 0.560. The summed E-state index contributed by atoms with van der Waals surface area (Å²) in [6.07, 6.45) is -4.76. The van der Waals surface area contributed by atoms with E-state index in [4.69, 9.17) is 10.00 Å². The van der Waals surface area contributed by atoms with E-state index in [0.717, 1.165) is 17.2 Å². The first-order chi connectivity index (χ1) is 15.3. The molecular weight excluding hydrogens is 445 g/mol. The molecule has 0 fully saturated rings. The van der Waals surface area contributed by atoms with Gasteiger partial charge in [-0.1, -0.05) is 47.6 Å². The van der Waals surface area contributed by atoms with Gasteiger partial charge >= 0.3 is 6.18 Å². The van der Waals surface area contributed by atoms with Gasteiger partial charge in [0.05, 0.1) is 17.2 Å². The second-order valence-corrected chi connectivity index (χ2v) is 10.6. The maximum absolute atomic E-state index is 13.2. The number of alkyl halides is 3. The van der Waals surface area contributed by atoms with Gasteiger partial charge in [-0.15, -0.1) is 0 Å². The zero-order chi connectivity index (χ0) is 26.1. The molecule has 34 heavy (non-hydrogen) atoms. The zero-order valence-corrected chi connectivity index (χ0v) is 20.5. The van der Waals surface area contributed by atoms with Crippen molar-refractivity contribution in [1.82, 2.24) is 0 Å². The van der Waals surface area contributed by atoms with Gasteiger partial charge in [0.2, 0.25) is 0 Å². The van der Waals surface area contributed by atoms with Crippen LogP contribution in [0.4, 0.5) is 18.9 Å². The number of amides is 1. The molecule has 0 saturated carbocycles. The fourth-order valence-electron chi connectivity index (χ4n) is 3.06. The normalized spacial score (nSPS) is 14.2. The molecule has 0 heterocycles. The Morgan fingerprint density at radius 3 is 1.94 bits per heavy atom. The molecule has 2 rings (SSSR count). The number of anilines is 1. The average Bonchev–Trinajstić information content (AvgIpc) is 2.70. The van der Waals surface area contributed by atoms with Crippen molar-refractivity contribution in [1.29, 1.82) is 5.26 Å². The Bertz CT molecular complexity index is 1070. The third-order valence-electron chi connectivity index (χ3n) is 5.35. The molecule has 1 unspecified atom stereocenters. The molecular formula is C26H31F3N2O3. The highest BCUT2D eigenvalue weighted by molar-refractivity contribution is 5.97. The second-order valence-electron chi connectivity index (χ2n) is 10.6. The predicted molar refractivity (Wildman–Crippen MR) is 125 cm³/mol. The maximum Gasteiger partial charge on any atom is 0.417 e. The average molecular weight is 477 g/mol. The van der Waals surface area contributed by atoms with Crippen molar-refractivity contribution in [3.63, 3.8) is 0 Å². The molecule has 0 radical (unpaired) electrons.